The second-order valence-electron chi connectivity index (χ2n) is 7.77. The van der Waals surface area contributed by atoms with Crippen LogP contribution in [0.5, 0.6) is 5.75 Å². The van der Waals surface area contributed by atoms with Crippen LogP contribution in [-0.4, -0.2) is 28.4 Å². The van der Waals surface area contributed by atoms with Gasteiger partial charge in [-0.1, -0.05) is 26.0 Å². The van der Waals surface area contributed by atoms with Crippen LogP contribution in [0.25, 0.3) is 11.4 Å². The minimum Gasteiger partial charge on any atom is -0.497 e. The van der Waals surface area contributed by atoms with Crippen LogP contribution < -0.4 is 4.74 Å². The fourth-order valence-electron chi connectivity index (χ4n) is 2.92. The molecule has 0 unspecified atom stereocenters. The van der Waals surface area contributed by atoms with E-state index in [1.165, 1.54) is 6.42 Å². The molecule has 0 radical (unpaired) electrons. The van der Waals surface area contributed by atoms with E-state index in [-0.39, 0.29) is 5.60 Å². The smallest absolute Gasteiger partial charge is 0.160 e. The normalized spacial score (nSPS) is 15.8. The molecule has 5 heteroatoms. The molecule has 140 valence electrons. The molecule has 2 heterocycles. The number of aromatic nitrogens is 2. The first-order chi connectivity index (χ1) is 12.4. The molecule has 0 bridgehead atoms. The molecule has 0 spiro atoms. The summed E-state index contributed by atoms with van der Waals surface area (Å²) in [6.07, 6.45) is 1.98. The van der Waals surface area contributed by atoms with Gasteiger partial charge < -0.3 is 9.47 Å². The Bertz CT molecular complexity index is 775. The summed E-state index contributed by atoms with van der Waals surface area (Å²) >= 11 is 1.82. The van der Waals surface area contributed by atoms with Crippen LogP contribution in [0, 0.1) is 5.92 Å². The number of benzene rings is 1. The Morgan fingerprint density at radius 3 is 2.81 bits per heavy atom. The monoisotopic (exact) mass is 372 g/mol. The third-order valence-electron chi connectivity index (χ3n) is 4.52. The highest BCUT2D eigenvalue weighted by molar-refractivity contribution is 7.99. The lowest BCUT2D eigenvalue weighted by Crippen LogP contribution is -2.33. The third-order valence-corrected chi connectivity index (χ3v) is 5.57. The fraction of sp³-hybridized carbons (Fsp3) is 0.524. The molecule has 1 aromatic carbocycles. The van der Waals surface area contributed by atoms with Crippen molar-refractivity contribution in [3.05, 3.63) is 35.5 Å². The molecule has 4 nitrogen and oxygen atoms in total. The van der Waals surface area contributed by atoms with Gasteiger partial charge in [0.15, 0.2) is 5.82 Å². The molecule has 26 heavy (non-hydrogen) atoms. The molecule has 0 aliphatic carbocycles. The van der Waals surface area contributed by atoms with E-state index in [0.717, 1.165) is 45.6 Å². The molecule has 1 aliphatic heterocycles. The number of hydrogen-bond donors (Lipinski definition) is 0. The first kappa shape index (κ1) is 19.2. The van der Waals surface area contributed by atoms with Gasteiger partial charge in [0.05, 0.1) is 25.0 Å². The third kappa shape index (κ3) is 4.57. The van der Waals surface area contributed by atoms with E-state index >= 15 is 0 Å². The Balaban J connectivity index is 1.99. The number of rotatable bonds is 6. The van der Waals surface area contributed by atoms with Gasteiger partial charge in [-0.3, -0.25) is 0 Å². The molecule has 3 rings (SSSR count). The molecular formula is C21H28N2O2S. The van der Waals surface area contributed by atoms with Crippen LogP contribution in [0.15, 0.2) is 29.3 Å². The van der Waals surface area contributed by atoms with Crippen molar-refractivity contribution in [2.24, 2.45) is 5.92 Å². The molecule has 0 fully saturated rings. The highest BCUT2D eigenvalue weighted by atomic mass is 32.2. The van der Waals surface area contributed by atoms with Gasteiger partial charge >= 0.3 is 0 Å². The van der Waals surface area contributed by atoms with E-state index in [2.05, 4.69) is 27.7 Å². The van der Waals surface area contributed by atoms with E-state index in [1.807, 2.05) is 36.0 Å². The van der Waals surface area contributed by atoms with Crippen LogP contribution in [0.1, 0.15) is 45.4 Å². The first-order valence-corrected chi connectivity index (χ1v) is 10.2. The van der Waals surface area contributed by atoms with E-state index in [4.69, 9.17) is 19.4 Å². The predicted molar refractivity (Wildman–Crippen MR) is 107 cm³/mol. The molecule has 1 aromatic heterocycles. The summed E-state index contributed by atoms with van der Waals surface area (Å²) in [5, 5.41) is 1.06. The molecule has 0 saturated heterocycles. The lowest BCUT2D eigenvalue weighted by molar-refractivity contribution is -0.0428. The minimum atomic E-state index is -0.188. The quantitative estimate of drug-likeness (QED) is 0.519. The van der Waals surface area contributed by atoms with E-state index < -0.39 is 0 Å². The van der Waals surface area contributed by atoms with Gasteiger partial charge in [0, 0.05) is 17.5 Å². The number of thioether (sulfide) groups is 1. The van der Waals surface area contributed by atoms with Gasteiger partial charge in [-0.05, 0) is 44.1 Å². The van der Waals surface area contributed by atoms with Gasteiger partial charge in [0.2, 0.25) is 0 Å². The highest BCUT2D eigenvalue weighted by Crippen LogP contribution is 2.34. The minimum absolute atomic E-state index is 0.188. The average Bonchev–Trinajstić information content (AvgIpc) is 2.60. The lowest BCUT2D eigenvalue weighted by Gasteiger charge is -2.32. The summed E-state index contributed by atoms with van der Waals surface area (Å²) in [7, 11) is 1.68. The van der Waals surface area contributed by atoms with Gasteiger partial charge in [0.1, 0.15) is 10.8 Å². The van der Waals surface area contributed by atoms with Crippen molar-refractivity contribution >= 4 is 11.8 Å². The second-order valence-corrected chi connectivity index (χ2v) is 8.85. The Morgan fingerprint density at radius 1 is 1.27 bits per heavy atom. The van der Waals surface area contributed by atoms with Crippen molar-refractivity contribution < 1.29 is 9.47 Å². The molecule has 0 amide bonds. The van der Waals surface area contributed by atoms with Crippen LogP contribution in [0.4, 0.5) is 0 Å². The lowest BCUT2D eigenvalue weighted by atomic mass is 9.96. The van der Waals surface area contributed by atoms with Crippen molar-refractivity contribution in [2.45, 2.75) is 57.8 Å². The number of fused-ring (bicyclic) bond motifs is 1. The van der Waals surface area contributed by atoms with Gasteiger partial charge in [0.25, 0.3) is 0 Å². The SMILES string of the molecule is COc1cccc(-c2nc3c(c(SCCC(C)C)n2)COC(C)(C)C3)c1. The van der Waals surface area contributed by atoms with Crippen molar-refractivity contribution in [3.8, 4) is 17.1 Å². The Kier molecular flexibility index (Phi) is 5.88. The van der Waals surface area contributed by atoms with Crippen LogP contribution in [0.3, 0.4) is 0 Å². The van der Waals surface area contributed by atoms with Crippen molar-refractivity contribution in [1.82, 2.24) is 9.97 Å². The fourth-order valence-corrected chi connectivity index (χ4v) is 4.21. The van der Waals surface area contributed by atoms with Crippen molar-refractivity contribution in [3.63, 3.8) is 0 Å². The van der Waals surface area contributed by atoms with Crippen LogP contribution in [-0.2, 0) is 17.8 Å². The summed E-state index contributed by atoms with van der Waals surface area (Å²) < 4.78 is 11.4. The maximum atomic E-state index is 6.03. The van der Waals surface area contributed by atoms with E-state index in [1.54, 1.807) is 7.11 Å². The van der Waals surface area contributed by atoms with Gasteiger partial charge in [-0.2, -0.15) is 0 Å². The van der Waals surface area contributed by atoms with Crippen LogP contribution >= 0.6 is 11.8 Å². The average molecular weight is 373 g/mol. The topological polar surface area (TPSA) is 44.2 Å². The maximum Gasteiger partial charge on any atom is 0.160 e. The number of ether oxygens (including phenoxy) is 2. The molecule has 1 aliphatic rings. The Hall–Kier alpha value is -1.59. The molecule has 0 saturated carbocycles. The summed E-state index contributed by atoms with van der Waals surface area (Å²) in [6, 6.07) is 7.96. The van der Waals surface area contributed by atoms with Crippen LogP contribution in [0.2, 0.25) is 0 Å². The molecule has 0 atom stereocenters. The summed E-state index contributed by atoms with van der Waals surface area (Å²) in [5.74, 6) is 3.34. The molecular weight excluding hydrogens is 344 g/mol. The Labute approximate surface area is 160 Å². The maximum absolute atomic E-state index is 6.03. The van der Waals surface area contributed by atoms with Crippen molar-refractivity contribution in [2.75, 3.05) is 12.9 Å². The molecule has 0 N–H and O–H groups in total. The number of methoxy groups -OCH3 is 1. The zero-order valence-electron chi connectivity index (χ0n) is 16.3. The van der Waals surface area contributed by atoms with E-state index in [0.29, 0.717) is 12.5 Å². The summed E-state index contributed by atoms with van der Waals surface area (Å²) in [5.41, 5.74) is 3.07. The summed E-state index contributed by atoms with van der Waals surface area (Å²) in [6.45, 7) is 9.33. The first-order valence-electron chi connectivity index (χ1n) is 9.19. The zero-order chi connectivity index (χ0) is 18.7. The largest absolute Gasteiger partial charge is 0.497 e. The number of hydrogen-bond acceptors (Lipinski definition) is 5. The second kappa shape index (κ2) is 7.97. The zero-order valence-corrected chi connectivity index (χ0v) is 17.2. The van der Waals surface area contributed by atoms with Gasteiger partial charge in [-0.25, -0.2) is 9.97 Å². The number of nitrogens with zero attached hydrogens (tertiary/aromatic N) is 2. The molecule has 2 aromatic rings. The van der Waals surface area contributed by atoms with Crippen molar-refractivity contribution in [1.29, 1.82) is 0 Å². The van der Waals surface area contributed by atoms with Gasteiger partial charge in [-0.15, -0.1) is 11.8 Å². The Morgan fingerprint density at radius 2 is 2.08 bits per heavy atom. The predicted octanol–water partition coefficient (Wildman–Crippen LogP) is 5.14. The standard InChI is InChI=1S/C21H28N2O2S/c1-14(2)9-10-26-20-17-13-25-21(3,4)12-18(17)22-19(23-20)15-7-6-8-16(11-15)24-5/h6-8,11,14H,9-10,12-13H2,1-5H3. The van der Waals surface area contributed by atoms with E-state index in [9.17, 15) is 0 Å². The summed E-state index contributed by atoms with van der Waals surface area (Å²) in [4.78, 5) is 9.79. The highest BCUT2D eigenvalue weighted by Gasteiger charge is 2.30.